The third kappa shape index (κ3) is 8.49. The summed E-state index contributed by atoms with van der Waals surface area (Å²) in [6.07, 6.45) is 2.17. The van der Waals surface area contributed by atoms with Crippen molar-refractivity contribution in [2.24, 2.45) is 5.92 Å². The lowest BCUT2D eigenvalue weighted by Gasteiger charge is -2.54. The van der Waals surface area contributed by atoms with Gasteiger partial charge in [-0.2, -0.15) is 9.97 Å². The van der Waals surface area contributed by atoms with E-state index in [1.54, 1.807) is 7.11 Å². The summed E-state index contributed by atoms with van der Waals surface area (Å²) < 4.78 is 23.2. The minimum absolute atomic E-state index is 0. The van der Waals surface area contributed by atoms with E-state index in [-0.39, 0.29) is 67.5 Å². The topological polar surface area (TPSA) is 89.5 Å². The van der Waals surface area contributed by atoms with Crippen LogP contribution in [0.15, 0.2) is 60.7 Å². The van der Waals surface area contributed by atoms with Crippen LogP contribution in [0.2, 0.25) is 0 Å². The number of benzene rings is 2. The number of aromatic nitrogens is 2. The van der Waals surface area contributed by atoms with E-state index in [4.69, 9.17) is 28.9 Å². The average molecular weight is 715 g/mol. The molecule has 0 N–H and O–H groups in total. The lowest BCUT2D eigenvalue weighted by atomic mass is 9.81. The van der Waals surface area contributed by atoms with E-state index in [0.29, 0.717) is 50.5 Å². The first-order chi connectivity index (χ1) is 23.0. The van der Waals surface area contributed by atoms with Crippen LogP contribution >= 0.6 is 24.8 Å². The van der Waals surface area contributed by atoms with Crippen molar-refractivity contribution in [3.63, 3.8) is 0 Å². The molecule has 0 bridgehead atoms. The maximum absolute atomic E-state index is 13.7. The maximum atomic E-state index is 13.7. The van der Waals surface area contributed by atoms with E-state index in [9.17, 15) is 4.79 Å². The number of carbonyl (C=O) groups excluding carboxylic acids is 1. The molecule has 4 heterocycles. The summed E-state index contributed by atoms with van der Waals surface area (Å²) in [7, 11) is 1.69. The Balaban J connectivity index is 0.00000234. The summed E-state index contributed by atoms with van der Waals surface area (Å²) >= 11 is 0. The summed E-state index contributed by atoms with van der Waals surface area (Å²) in [4.78, 5) is 30.7. The van der Waals surface area contributed by atoms with Crippen molar-refractivity contribution < 1.29 is 23.7 Å². The highest BCUT2D eigenvalue weighted by Gasteiger charge is 2.44. The van der Waals surface area contributed by atoms with Crippen molar-refractivity contribution in [3.05, 3.63) is 83.2 Å². The molecular weight excluding hydrogens is 665 g/mol. The summed E-state index contributed by atoms with van der Waals surface area (Å²) in [6.45, 7) is 9.52. The highest BCUT2D eigenvalue weighted by Crippen LogP contribution is 2.42. The summed E-state index contributed by atoms with van der Waals surface area (Å²) in [5, 5.41) is 0. The van der Waals surface area contributed by atoms with E-state index in [1.165, 1.54) is 11.1 Å². The number of fused-ring (bicyclic) bond motifs is 1. The average Bonchev–Trinajstić information content (AvgIpc) is 3.96. The molecule has 1 aromatic heterocycles. The minimum Gasteiger partial charge on any atom is -0.481 e. The van der Waals surface area contributed by atoms with E-state index in [1.807, 2.05) is 18.7 Å². The van der Waals surface area contributed by atoms with Crippen molar-refractivity contribution in [1.82, 2.24) is 24.7 Å². The zero-order chi connectivity index (χ0) is 32.3. The quantitative estimate of drug-likeness (QED) is 0.283. The molecule has 4 aliphatic rings. The Hall–Kier alpha value is -2.99. The number of hydrogen-bond acceptors (Lipinski definition) is 9. The molecule has 12 heteroatoms. The van der Waals surface area contributed by atoms with Gasteiger partial charge >= 0.3 is 0 Å². The highest BCUT2D eigenvalue weighted by atomic mass is 35.5. The molecule has 0 radical (unpaired) electrons. The summed E-state index contributed by atoms with van der Waals surface area (Å²) in [5.41, 5.74) is 3.46. The van der Waals surface area contributed by atoms with Gasteiger partial charge in [0.1, 0.15) is 12.6 Å². The molecule has 2 atom stereocenters. The lowest BCUT2D eigenvalue weighted by molar-refractivity contribution is -0.164. The number of rotatable bonds is 10. The van der Waals surface area contributed by atoms with Crippen LogP contribution in [-0.2, 0) is 20.8 Å². The van der Waals surface area contributed by atoms with Gasteiger partial charge in [0, 0.05) is 63.2 Å². The van der Waals surface area contributed by atoms with E-state index in [0.717, 1.165) is 43.9 Å². The van der Waals surface area contributed by atoms with Crippen LogP contribution in [0.4, 0.5) is 0 Å². The molecule has 1 amide bonds. The van der Waals surface area contributed by atoms with Crippen LogP contribution in [-0.4, -0.2) is 109 Å². The van der Waals surface area contributed by atoms with E-state index in [2.05, 4.69) is 70.5 Å². The second-order valence-corrected chi connectivity index (χ2v) is 13.6. The van der Waals surface area contributed by atoms with Gasteiger partial charge in [-0.05, 0) is 37.8 Å². The smallest absolute Gasteiger partial charge is 0.230 e. The Morgan fingerprint density at radius 1 is 0.878 bits per heavy atom. The molecule has 1 saturated carbocycles. The molecule has 49 heavy (non-hydrogen) atoms. The highest BCUT2D eigenvalue weighted by molar-refractivity contribution is 5.85. The molecule has 1 aliphatic carbocycles. The first-order valence-electron chi connectivity index (χ1n) is 17.1. The van der Waals surface area contributed by atoms with Gasteiger partial charge in [-0.3, -0.25) is 14.6 Å². The Labute approximate surface area is 302 Å². The number of amides is 1. The van der Waals surface area contributed by atoms with Gasteiger partial charge in [0.25, 0.3) is 0 Å². The number of methoxy groups -OCH3 is 1. The van der Waals surface area contributed by atoms with Gasteiger partial charge in [-0.25, -0.2) is 0 Å². The largest absolute Gasteiger partial charge is 0.481 e. The van der Waals surface area contributed by atoms with Crippen molar-refractivity contribution in [2.75, 3.05) is 59.8 Å². The third-order valence-electron chi connectivity index (χ3n) is 9.85. The van der Waals surface area contributed by atoms with Crippen molar-refractivity contribution in [2.45, 2.75) is 63.3 Å². The van der Waals surface area contributed by atoms with Crippen molar-refractivity contribution in [1.29, 1.82) is 0 Å². The van der Waals surface area contributed by atoms with Gasteiger partial charge in [0.05, 0.1) is 37.9 Å². The molecule has 3 saturated heterocycles. The van der Waals surface area contributed by atoms with E-state index >= 15 is 0 Å². The fourth-order valence-electron chi connectivity index (χ4n) is 7.51. The molecule has 2 unspecified atom stereocenters. The molecule has 0 spiro atoms. The molecule has 2 aromatic carbocycles. The first kappa shape index (κ1) is 37.3. The maximum Gasteiger partial charge on any atom is 0.230 e. The summed E-state index contributed by atoms with van der Waals surface area (Å²) in [5.74, 6) is 2.42. The predicted molar refractivity (Wildman–Crippen MR) is 192 cm³/mol. The van der Waals surface area contributed by atoms with Crippen molar-refractivity contribution in [3.8, 4) is 11.8 Å². The number of nitrogens with zero attached hydrogens (tertiary/aromatic N) is 5. The lowest BCUT2D eigenvalue weighted by Crippen LogP contribution is -2.67. The molecule has 3 aromatic rings. The molecule has 10 nitrogen and oxygen atoms in total. The predicted octanol–water partition coefficient (Wildman–Crippen LogP) is 5.14. The van der Waals surface area contributed by atoms with Gasteiger partial charge in [-0.15, -0.1) is 24.8 Å². The molecule has 7 rings (SSSR count). The van der Waals surface area contributed by atoms with Crippen LogP contribution in [0.1, 0.15) is 61.0 Å². The Morgan fingerprint density at radius 2 is 1.51 bits per heavy atom. The van der Waals surface area contributed by atoms with Gasteiger partial charge < -0.3 is 23.8 Å². The number of carbonyl (C=O) groups is 1. The summed E-state index contributed by atoms with van der Waals surface area (Å²) in [6, 6.07) is 22.0. The number of piperazine rings is 2. The number of ether oxygens (including phenoxy) is 4. The van der Waals surface area contributed by atoms with Crippen molar-refractivity contribution >= 4 is 30.7 Å². The third-order valence-corrected chi connectivity index (χ3v) is 9.85. The molecular formula is C37H49Cl2N5O5. The first-order valence-corrected chi connectivity index (χ1v) is 17.1. The van der Waals surface area contributed by atoms with Crippen LogP contribution in [0.5, 0.6) is 11.8 Å². The van der Waals surface area contributed by atoms with Gasteiger partial charge in [-0.1, -0.05) is 60.7 Å². The van der Waals surface area contributed by atoms with Crippen LogP contribution in [0, 0.1) is 5.92 Å². The minimum atomic E-state index is -0.255. The van der Waals surface area contributed by atoms with E-state index < -0.39 is 0 Å². The van der Waals surface area contributed by atoms with Gasteiger partial charge in [0.15, 0.2) is 0 Å². The Kier molecular flexibility index (Phi) is 12.8. The fraction of sp³-hybridized carbons (Fsp3) is 0.541. The zero-order valence-corrected chi connectivity index (χ0v) is 30.2. The fourth-order valence-corrected chi connectivity index (χ4v) is 7.51. The molecule has 3 aliphatic heterocycles. The Bertz CT molecular complexity index is 1470. The second kappa shape index (κ2) is 16.8. The van der Waals surface area contributed by atoms with Gasteiger partial charge in [0.2, 0.25) is 17.7 Å². The normalized spacial score (nSPS) is 21.9. The SMILES string of the molecule is COc1nc(C2CC2)nc(OC(C)C)c1CN1CC2CN(C(=O)C3COCOC3)CCN2C(C(c2ccccc2)c2ccccc2)C1.Cl.Cl. The standard InChI is InChI=1S/C37H47N5O5.2ClH/c1-25(2)47-36-31(35(44-3)38-34(39-36)28-14-15-28)20-40-18-30-19-41(37(43)29-22-45-24-46-23-29)16-17-42(30)32(21-40)33(26-10-6-4-7-11-26)27-12-8-5-9-13-27;;/h4-13,25,28-30,32-33H,14-24H2,1-3H3;2*1H. The number of hydrogen-bond donors (Lipinski definition) is 0. The molecule has 4 fully saturated rings. The number of halogens is 2. The second-order valence-electron chi connectivity index (χ2n) is 13.6. The zero-order valence-electron chi connectivity index (χ0n) is 28.6. The van der Waals surface area contributed by atoms with Crippen LogP contribution < -0.4 is 9.47 Å². The molecule has 266 valence electrons. The van der Waals surface area contributed by atoms with Crippen LogP contribution in [0.3, 0.4) is 0 Å². The Morgan fingerprint density at radius 3 is 2.10 bits per heavy atom. The monoisotopic (exact) mass is 713 g/mol. The van der Waals surface area contributed by atoms with Crippen LogP contribution in [0.25, 0.3) is 0 Å².